The third-order valence-corrected chi connectivity index (χ3v) is 7.78. The molecule has 4 aromatic heterocycles. The number of anilines is 4. The van der Waals surface area contributed by atoms with Gasteiger partial charge in [-0.25, -0.2) is 14.4 Å². The van der Waals surface area contributed by atoms with E-state index >= 15 is 0 Å². The van der Waals surface area contributed by atoms with Crippen molar-refractivity contribution in [1.82, 2.24) is 29.9 Å². The number of fused-ring (bicyclic) bond motifs is 6. The molecule has 4 unspecified atom stereocenters. The maximum absolute atomic E-state index is 14.6. The summed E-state index contributed by atoms with van der Waals surface area (Å²) in [4.78, 5) is 28.4. The average molecular weight is 485 g/mol. The zero-order valence-corrected chi connectivity index (χ0v) is 19.8. The van der Waals surface area contributed by atoms with Gasteiger partial charge in [0.2, 0.25) is 5.95 Å². The molecule has 1 saturated heterocycles. The summed E-state index contributed by atoms with van der Waals surface area (Å²) in [6.45, 7) is 3.07. The molecule has 11 heteroatoms. The maximum atomic E-state index is 14.6. The van der Waals surface area contributed by atoms with Crippen LogP contribution in [0.1, 0.15) is 13.3 Å². The van der Waals surface area contributed by atoms with Gasteiger partial charge in [0.05, 0.1) is 28.5 Å². The molecule has 7 rings (SSSR count). The van der Waals surface area contributed by atoms with E-state index in [9.17, 15) is 4.39 Å². The van der Waals surface area contributed by atoms with Crippen molar-refractivity contribution in [3.05, 3.63) is 42.6 Å². The van der Waals surface area contributed by atoms with E-state index in [0.29, 0.717) is 46.0 Å². The highest BCUT2D eigenvalue weighted by Crippen LogP contribution is 2.46. The standard InChI is InChI=1S/C25H25FN10/c1-11-15-10-36(19(11)8-16(15)27)24-20-14-5-12(26)6-17(28-2)21(14)33-23(20)34-25(35-24)32-13-7-18-22(31-9-13)30-4-3-29-18/h3-7,9,11,15-16,19,28H,8,10,27H2,1-2H3,(H2,32,33,34,35). The molecule has 0 radical (unpaired) electrons. The van der Waals surface area contributed by atoms with Crippen LogP contribution in [0.2, 0.25) is 0 Å². The van der Waals surface area contributed by atoms with E-state index < -0.39 is 0 Å². The summed E-state index contributed by atoms with van der Waals surface area (Å²) in [5, 5.41) is 7.93. The minimum atomic E-state index is -0.317. The fourth-order valence-electron chi connectivity index (χ4n) is 6.02. The maximum Gasteiger partial charge on any atom is 0.231 e. The molecular weight excluding hydrogens is 459 g/mol. The Morgan fingerprint density at radius 3 is 2.78 bits per heavy atom. The molecule has 36 heavy (non-hydrogen) atoms. The molecular formula is C25H25FN10. The molecule has 2 aliphatic rings. The van der Waals surface area contributed by atoms with E-state index in [1.54, 1.807) is 31.7 Å². The van der Waals surface area contributed by atoms with Crippen LogP contribution in [-0.2, 0) is 0 Å². The second-order valence-corrected chi connectivity index (χ2v) is 9.74. The number of nitrogens with two attached hydrogens (primary N) is 1. The molecule has 0 amide bonds. The first kappa shape index (κ1) is 21.2. The lowest BCUT2D eigenvalue weighted by Gasteiger charge is -2.31. The first-order valence-corrected chi connectivity index (χ1v) is 12.1. The number of hydrogen-bond donors (Lipinski definition) is 4. The van der Waals surface area contributed by atoms with Crippen molar-refractivity contribution in [2.75, 3.05) is 29.1 Å². The zero-order chi connectivity index (χ0) is 24.6. The van der Waals surface area contributed by atoms with Crippen molar-refractivity contribution in [2.24, 2.45) is 17.6 Å². The van der Waals surface area contributed by atoms with Crippen molar-refractivity contribution >= 4 is 56.2 Å². The van der Waals surface area contributed by atoms with Crippen molar-refractivity contribution < 1.29 is 4.39 Å². The third kappa shape index (κ3) is 3.08. The quantitative estimate of drug-likeness (QED) is 0.302. The van der Waals surface area contributed by atoms with Gasteiger partial charge in [0.15, 0.2) is 5.65 Å². The number of nitrogens with zero attached hydrogens (tertiary/aromatic N) is 6. The fraction of sp³-hybridized carbons (Fsp3) is 0.320. The van der Waals surface area contributed by atoms with Gasteiger partial charge in [-0.15, -0.1) is 0 Å². The van der Waals surface area contributed by atoms with Gasteiger partial charge in [0, 0.05) is 43.5 Å². The Hall–Kier alpha value is -4.12. The number of halogens is 1. The monoisotopic (exact) mass is 484 g/mol. The van der Waals surface area contributed by atoms with Gasteiger partial charge < -0.3 is 26.3 Å². The summed E-state index contributed by atoms with van der Waals surface area (Å²) in [5.74, 6) is 1.73. The van der Waals surface area contributed by atoms with E-state index in [1.165, 1.54) is 6.07 Å². The Balaban J connectivity index is 1.41. The highest BCUT2D eigenvalue weighted by molar-refractivity contribution is 6.15. The van der Waals surface area contributed by atoms with E-state index in [0.717, 1.165) is 35.1 Å². The first-order valence-electron chi connectivity index (χ1n) is 12.1. The van der Waals surface area contributed by atoms with Gasteiger partial charge in [-0.05, 0) is 36.5 Å². The van der Waals surface area contributed by atoms with E-state index in [1.807, 2.05) is 6.07 Å². The summed E-state index contributed by atoms with van der Waals surface area (Å²) in [6, 6.07) is 5.35. The zero-order valence-electron chi connectivity index (χ0n) is 19.8. The normalized spacial score (nSPS) is 23.3. The fourth-order valence-corrected chi connectivity index (χ4v) is 6.02. The number of aromatic amines is 1. The summed E-state index contributed by atoms with van der Waals surface area (Å²) in [7, 11) is 1.78. The number of hydrogen-bond acceptors (Lipinski definition) is 9. The molecule has 0 spiro atoms. The summed E-state index contributed by atoms with van der Waals surface area (Å²) >= 11 is 0. The number of nitrogens with one attached hydrogen (secondary N) is 3. The van der Waals surface area contributed by atoms with Gasteiger partial charge in [-0.3, -0.25) is 4.98 Å². The number of benzene rings is 1. The lowest BCUT2D eigenvalue weighted by molar-refractivity contribution is 0.436. The Morgan fingerprint density at radius 1 is 1.14 bits per heavy atom. The van der Waals surface area contributed by atoms with Crippen LogP contribution in [0, 0.1) is 17.7 Å². The van der Waals surface area contributed by atoms with Crippen LogP contribution in [-0.4, -0.2) is 55.6 Å². The topological polar surface area (TPSA) is 134 Å². The average Bonchev–Trinajstić information content (AvgIpc) is 3.49. The van der Waals surface area contributed by atoms with Gasteiger partial charge >= 0.3 is 0 Å². The number of rotatable bonds is 4. The number of piperidine rings is 1. The molecule has 1 saturated carbocycles. The highest BCUT2D eigenvalue weighted by atomic mass is 19.1. The molecule has 1 aliphatic carbocycles. The van der Waals surface area contributed by atoms with Crippen LogP contribution in [0.5, 0.6) is 0 Å². The van der Waals surface area contributed by atoms with Gasteiger partial charge in [-0.2, -0.15) is 9.97 Å². The van der Waals surface area contributed by atoms with Crippen molar-refractivity contribution in [3.63, 3.8) is 0 Å². The van der Waals surface area contributed by atoms with Crippen LogP contribution in [0.4, 0.5) is 27.5 Å². The lowest BCUT2D eigenvalue weighted by atomic mass is 9.98. The molecule has 1 aromatic carbocycles. The Bertz CT molecular complexity index is 1650. The number of H-pyrrole nitrogens is 1. The third-order valence-electron chi connectivity index (χ3n) is 7.78. The molecule has 2 fully saturated rings. The smallest absolute Gasteiger partial charge is 0.231 e. The Morgan fingerprint density at radius 2 is 2.00 bits per heavy atom. The second kappa shape index (κ2) is 7.69. The van der Waals surface area contributed by atoms with E-state index in [-0.39, 0.29) is 17.9 Å². The Kier molecular flexibility index (Phi) is 4.53. The van der Waals surface area contributed by atoms with E-state index in [2.05, 4.69) is 42.4 Å². The summed E-state index contributed by atoms with van der Waals surface area (Å²) in [5.41, 5.74) is 10.4. The van der Waals surface area contributed by atoms with Crippen LogP contribution in [0.15, 0.2) is 36.8 Å². The van der Waals surface area contributed by atoms with Gasteiger partial charge in [0.25, 0.3) is 0 Å². The van der Waals surface area contributed by atoms with Crippen molar-refractivity contribution in [2.45, 2.75) is 25.4 Å². The number of aromatic nitrogens is 6. The molecule has 182 valence electrons. The number of pyridine rings is 1. The molecule has 2 bridgehead atoms. The van der Waals surface area contributed by atoms with E-state index in [4.69, 9.17) is 15.7 Å². The van der Waals surface area contributed by atoms with Gasteiger partial charge in [-0.1, -0.05) is 6.92 Å². The molecule has 1 aliphatic heterocycles. The molecule has 5 N–H and O–H groups in total. The summed E-state index contributed by atoms with van der Waals surface area (Å²) in [6.07, 6.45) is 5.83. The Labute approximate surface area is 205 Å². The van der Waals surface area contributed by atoms with Crippen LogP contribution in [0.3, 0.4) is 0 Å². The largest absolute Gasteiger partial charge is 0.386 e. The molecule has 4 atom stereocenters. The predicted molar refractivity (Wildman–Crippen MR) is 138 cm³/mol. The second-order valence-electron chi connectivity index (χ2n) is 9.74. The van der Waals surface area contributed by atoms with Gasteiger partial charge in [0.1, 0.15) is 22.8 Å². The highest BCUT2D eigenvalue weighted by Gasteiger charge is 2.49. The van der Waals surface area contributed by atoms with Crippen LogP contribution >= 0.6 is 0 Å². The molecule has 10 nitrogen and oxygen atoms in total. The van der Waals surface area contributed by atoms with Crippen molar-refractivity contribution in [1.29, 1.82) is 0 Å². The minimum absolute atomic E-state index is 0.192. The lowest BCUT2D eigenvalue weighted by Crippen LogP contribution is -2.41. The summed E-state index contributed by atoms with van der Waals surface area (Å²) < 4.78 is 14.6. The SMILES string of the molecule is CNc1cc(F)cc2c1[nH]c1nc(Nc3cnc4nccnc4c3)nc(N3CC4C(N)CC3C4C)c12. The first-order chi connectivity index (χ1) is 17.5. The van der Waals surface area contributed by atoms with Crippen LogP contribution in [0.25, 0.3) is 33.1 Å². The minimum Gasteiger partial charge on any atom is -0.386 e. The van der Waals surface area contributed by atoms with Crippen molar-refractivity contribution in [3.8, 4) is 0 Å². The predicted octanol–water partition coefficient (Wildman–Crippen LogP) is 3.55. The molecule has 5 heterocycles. The molecule has 5 aromatic rings. The van der Waals surface area contributed by atoms with Crippen LogP contribution < -0.4 is 21.3 Å².